The van der Waals surface area contributed by atoms with Crippen molar-refractivity contribution in [3.05, 3.63) is 35.9 Å². The number of rotatable bonds is 3. The van der Waals surface area contributed by atoms with Crippen molar-refractivity contribution in [2.24, 2.45) is 0 Å². The van der Waals surface area contributed by atoms with E-state index in [1.54, 1.807) is 8.61 Å². The number of benzene rings is 1. The van der Waals surface area contributed by atoms with Gasteiger partial charge in [-0.25, -0.2) is 0 Å². The molecule has 3 rings (SSSR count). The number of nitrogens with zero attached hydrogens (tertiary/aromatic N) is 3. The quantitative estimate of drug-likeness (QED) is 0.814. The molecule has 7 heteroatoms. The zero-order valence-corrected chi connectivity index (χ0v) is 13.7. The molecule has 1 atom stereocenters. The van der Waals surface area contributed by atoms with Crippen molar-refractivity contribution in [1.29, 1.82) is 0 Å². The van der Waals surface area contributed by atoms with Crippen LogP contribution in [-0.2, 0) is 14.9 Å². The van der Waals surface area contributed by atoms with E-state index >= 15 is 0 Å². The second-order valence-corrected chi connectivity index (χ2v) is 7.70. The molecule has 2 aliphatic heterocycles. The second kappa shape index (κ2) is 6.64. The van der Waals surface area contributed by atoms with Gasteiger partial charge in [-0.1, -0.05) is 30.3 Å². The van der Waals surface area contributed by atoms with Crippen LogP contribution in [0.25, 0.3) is 0 Å². The van der Waals surface area contributed by atoms with Crippen LogP contribution in [0.5, 0.6) is 0 Å². The minimum absolute atomic E-state index is 0.132. The lowest BCUT2D eigenvalue weighted by Gasteiger charge is -2.42. The van der Waals surface area contributed by atoms with Crippen molar-refractivity contribution >= 4 is 10.2 Å². The Morgan fingerprint density at radius 1 is 1.05 bits per heavy atom. The highest BCUT2D eigenvalue weighted by atomic mass is 32.2. The molecule has 0 aromatic heterocycles. The van der Waals surface area contributed by atoms with Crippen LogP contribution in [0.3, 0.4) is 0 Å². The van der Waals surface area contributed by atoms with Gasteiger partial charge in [-0.2, -0.15) is 17.0 Å². The summed E-state index contributed by atoms with van der Waals surface area (Å²) in [5.41, 5.74) is 1.05. The van der Waals surface area contributed by atoms with Gasteiger partial charge in [0.05, 0.1) is 19.3 Å². The fourth-order valence-corrected chi connectivity index (χ4v) is 4.78. The molecule has 6 nitrogen and oxygen atoms in total. The zero-order chi connectivity index (χ0) is 15.6. The van der Waals surface area contributed by atoms with Crippen molar-refractivity contribution in [1.82, 2.24) is 13.5 Å². The highest BCUT2D eigenvalue weighted by molar-refractivity contribution is 7.86. The molecule has 2 heterocycles. The van der Waals surface area contributed by atoms with E-state index in [1.807, 2.05) is 37.4 Å². The monoisotopic (exact) mass is 325 g/mol. The van der Waals surface area contributed by atoms with Gasteiger partial charge in [0, 0.05) is 32.7 Å². The van der Waals surface area contributed by atoms with Crippen molar-refractivity contribution < 1.29 is 13.2 Å². The Hall–Kier alpha value is -0.990. The van der Waals surface area contributed by atoms with Crippen LogP contribution >= 0.6 is 0 Å². The van der Waals surface area contributed by atoms with Crippen LogP contribution in [-0.4, -0.2) is 74.9 Å². The summed E-state index contributed by atoms with van der Waals surface area (Å²) >= 11 is 0. The smallest absolute Gasteiger partial charge is 0.282 e. The molecule has 0 saturated carbocycles. The molecule has 122 valence electrons. The van der Waals surface area contributed by atoms with E-state index in [2.05, 4.69) is 4.90 Å². The van der Waals surface area contributed by atoms with Gasteiger partial charge in [0.1, 0.15) is 0 Å². The van der Waals surface area contributed by atoms with Gasteiger partial charge in [-0.15, -0.1) is 0 Å². The fraction of sp³-hybridized carbons (Fsp3) is 0.600. The first-order valence-corrected chi connectivity index (χ1v) is 9.07. The van der Waals surface area contributed by atoms with E-state index < -0.39 is 10.2 Å². The third kappa shape index (κ3) is 3.18. The summed E-state index contributed by atoms with van der Waals surface area (Å²) in [5.74, 6) is 0. The average molecular weight is 325 g/mol. The van der Waals surface area contributed by atoms with E-state index in [0.29, 0.717) is 39.4 Å². The van der Waals surface area contributed by atoms with Crippen LogP contribution in [0.4, 0.5) is 0 Å². The molecule has 0 N–H and O–H groups in total. The van der Waals surface area contributed by atoms with Crippen LogP contribution in [0.2, 0.25) is 0 Å². The minimum Gasteiger partial charge on any atom is -0.379 e. The predicted octanol–water partition coefficient (Wildman–Crippen LogP) is 0.552. The predicted molar refractivity (Wildman–Crippen MR) is 84.7 cm³/mol. The molecule has 0 spiro atoms. The Bertz CT molecular complexity index is 587. The van der Waals surface area contributed by atoms with Gasteiger partial charge in [0.2, 0.25) is 0 Å². The van der Waals surface area contributed by atoms with Gasteiger partial charge in [0.15, 0.2) is 0 Å². The van der Waals surface area contributed by atoms with Crippen LogP contribution in [0.15, 0.2) is 30.3 Å². The number of morpholine rings is 1. The highest BCUT2D eigenvalue weighted by Gasteiger charge is 2.39. The Kier molecular flexibility index (Phi) is 4.79. The average Bonchev–Trinajstić information content (AvgIpc) is 2.56. The van der Waals surface area contributed by atoms with Crippen molar-refractivity contribution in [3.8, 4) is 0 Å². The maximum Gasteiger partial charge on any atom is 0.282 e. The minimum atomic E-state index is -3.45. The summed E-state index contributed by atoms with van der Waals surface area (Å²) in [5, 5.41) is 0. The van der Waals surface area contributed by atoms with Crippen molar-refractivity contribution in [3.63, 3.8) is 0 Å². The largest absolute Gasteiger partial charge is 0.379 e. The van der Waals surface area contributed by atoms with Gasteiger partial charge >= 0.3 is 0 Å². The van der Waals surface area contributed by atoms with Gasteiger partial charge in [-0.3, -0.25) is 0 Å². The van der Waals surface area contributed by atoms with Crippen LogP contribution in [0, 0.1) is 0 Å². The summed E-state index contributed by atoms with van der Waals surface area (Å²) in [7, 11) is -1.41. The van der Waals surface area contributed by atoms with Crippen LogP contribution in [0.1, 0.15) is 11.6 Å². The van der Waals surface area contributed by atoms with Crippen molar-refractivity contribution in [2.45, 2.75) is 6.04 Å². The zero-order valence-electron chi connectivity index (χ0n) is 12.9. The van der Waals surface area contributed by atoms with E-state index in [-0.39, 0.29) is 6.04 Å². The normalized spacial score (nSPS) is 26.1. The Morgan fingerprint density at radius 2 is 1.73 bits per heavy atom. The van der Waals surface area contributed by atoms with Gasteiger partial charge in [0.25, 0.3) is 10.2 Å². The second-order valence-electron chi connectivity index (χ2n) is 5.82. The molecule has 2 aliphatic rings. The summed E-state index contributed by atoms with van der Waals surface area (Å²) in [6.07, 6.45) is 0. The molecular weight excluding hydrogens is 302 g/mol. The lowest BCUT2D eigenvalue weighted by atomic mass is 10.1. The number of piperazine rings is 1. The first-order valence-electron chi connectivity index (χ1n) is 7.67. The first-order chi connectivity index (χ1) is 10.6. The number of ether oxygens (including phenoxy) is 1. The van der Waals surface area contributed by atoms with Gasteiger partial charge < -0.3 is 9.64 Å². The Labute approximate surface area is 132 Å². The molecule has 22 heavy (non-hydrogen) atoms. The van der Waals surface area contributed by atoms with E-state index in [9.17, 15) is 8.42 Å². The standard InChI is InChI=1S/C15H23N3O3S/c1-16-7-8-18(15(13-16)14-5-3-2-4-6-14)22(19,20)17-9-11-21-12-10-17/h2-6,15H,7-13H2,1H3/t15-/m1/s1. The molecular formula is C15H23N3O3S. The molecule has 2 saturated heterocycles. The number of likely N-dealkylation sites (N-methyl/N-ethyl adjacent to an activating group) is 1. The molecule has 0 unspecified atom stereocenters. The lowest BCUT2D eigenvalue weighted by Crippen LogP contribution is -2.55. The molecule has 2 fully saturated rings. The van der Waals surface area contributed by atoms with E-state index in [1.165, 1.54) is 0 Å². The van der Waals surface area contributed by atoms with Gasteiger partial charge in [-0.05, 0) is 12.6 Å². The maximum absolute atomic E-state index is 13.0. The summed E-state index contributed by atoms with van der Waals surface area (Å²) in [6.45, 7) is 3.83. The van der Waals surface area contributed by atoms with E-state index in [0.717, 1.165) is 12.1 Å². The third-order valence-electron chi connectivity index (χ3n) is 4.31. The Balaban J connectivity index is 1.89. The SMILES string of the molecule is CN1CCN(S(=O)(=O)N2CCOCC2)[C@@H](c2ccccc2)C1. The highest BCUT2D eigenvalue weighted by Crippen LogP contribution is 2.29. The topological polar surface area (TPSA) is 53.1 Å². The molecule has 0 bridgehead atoms. The van der Waals surface area contributed by atoms with Crippen molar-refractivity contribution in [2.75, 3.05) is 53.0 Å². The molecule has 1 aromatic carbocycles. The summed E-state index contributed by atoms with van der Waals surface area (Å²) in [4.78, 5) is 2.18. The molecule has 0 amide bonds. The third-order valence-corrected chi connectivity index (χ3v) is 6.36. The fourth-order valence-electron chi connectivity index (χ4n) is 3.05. The molecule has 1 aromatic rings. The molecule has 0 aliphatic carbocycles. The Morgan fingerprint density at radius 3 is 2.41 bits per heavy atom. The number of hydrogen-bond acceptors (Lipinski definition) is 4. The first kappa shape index (κ1) is 15.9. The lowest BCUT2D eigenvalue weighted by molar-refractivity contribution is 0.0660. The maximum atomic E-state index is 13.0. The molecule has 0 radical (unpaired) electrons. The van der Waals surface area contributed by atoms with Crippen LogP contribution < -0.4 is 0 Å². The summed E-state index contributed by atoms with van der Waals surface area (Å²) < 4.78 is 34.5. The summed E-state index contributed by atoms with van der Waals surface area (Å²) in [6, 6.07) is 9.76. The number of hydrogen-bond donors (Lipinski definition) is 0. The van der Waals surface area contributed by atoms with E-state index in [4.69, 9.17) is 4.74 Å².